The van der Waals surface area contributed by atoms with Gasteiger partial charge in [0.1, 0.15) is 36.0 Å². The minimum atomic E-state index is -1.43. The Balaban J connectivity index is 1.98. The number of aromatic hydroxyl groups is 1. The Hall–Kier alpha value is -6.04. The van der Waals surface area contributed by atoms with Crippen molar-refractivity contribution in [3.05, 3.63) is 65.7 Å². The van der Waals surface area contributed by atoms with E-state index in [9.17, 15) is 48.6 Å². The fraction of sp³-hybridized carbons (Fsp3) is 0.459. The number of hydrogen-bond acceptors (Lipinski definition) is 10. The number of hydrogen-bond donors (Lipinski definition) is 10. The molecule has 2 aromatic carbocycles. The molecule has 0 radical (unpaired) electrons. The van der Waals surface area contributed by atoms with Crippen LogP contribution < -0.4 is 43.4 Å². The first-order valence-electron chi connectivity index (χ1n) is 17.8. The fourth-order valence-corrected chi connectivity index (χ4v) is 5.08. The van der Waals surface area contributed by atoms with Gasteiger partial charge in [-0.15, -0.1) is 0 Å². The molecule has 0 bridgehead atoms. The maximum Gasteiger partial charge on any atom is 0.326 e. The van der Waals surface area contributed by atoms with Crippen molar-refractivity contribution < 1.29 is 48.6 Å². The lowest BCUT2D eigenvalue weighted by Gasteiger charge is -2.25. The van der Waals surface area contributed by atoms with E-state index in [0.717, 1.165) is 5.56 Å². The summed E-state index contributed by atoms with van der Waals surface area (Å²) in [6, 6.07) is 7.47. The molecule has 2 rings (SSSR count). The zero-order valence-corrected chi connectivity index (χ0v) is 31.3. The molecule has 0 saturated heterocycles. The Morgan fingerprint density at radius 2 is 1.18 bits per heavy atom. The lowest BCUT2D eigenvalue weighted by Crippen LogP contribution is -2.58. The molecule has 0 saturated carbocycles. The van der Waals surface area contributed by atoms with Crippen LogP contribution in [0, 0.1) is 5.92 Å². The molecule has 55 heavy (non-hydrogen) atoms. The fourth-order valence-electron chi connectivity index (χ4n) is 5.08. The second-order valence-electron chi connectivity index (χ2n) is 13.2. The minimum absolute atomic E-state index is 0.0362. The lowest BCUT2D eigenvalue weighted by atomic mass is 9.98. The third kappa shape index (κ3) is 15.8. The minimum Gasteiger partial charge on any atom is -0.508 e. The van der Waals surface area contributed by atoms with E-state index in [0.29, 0.717) is 12.0 Å². The molecule has 0 aliphatic heterocycles. The van der Waals surface area contributed by atoms with Gasteiger partial charge >= 0.3 is 5.97 Å². The highest BCUT2D eigenvalue weighted by atomic mass is 16.4. The predicted octanol–water partition coefficient (Wildman–Crippen LogP) is -1.52. The SMILES string of the molecule is CC[C@H](C)[C@H](N)C(=O)N[C@@H](Cc1ccccc1)C(=O)N[C@@H](C)C(=O)N[C@@H](C)C(=O)NCC(=O)N[C@@H](CCC(N)=O)C(=O)N[C@@H](Cc1ccc(O)cc1)C(=O)O. The van der Waals surface area contributed by atoms with Gasteiger partial charge in [0.05, 0.1) is 12.6 Å². The summed E-state index contributed by atoms with van der Waals surface area (Å²) in [6.07, 6.45) is 0.00101. The van der Waals surface area contributed by atoms with Crippen molar-refractivity contribution in [1.82, 2.24) is 31.9 Å². The smallest absolute Gasteiger partial charge is 0.326 e. The van der Waals surface area contributed by atoms with Crippen LogP contribution in [0.5, 0.6) is 5.75 Å². The van der Waals surface area contributed by atoms with Crippen LogP contribution in [-0.2, 0) is 51.2 Å². The van der Waals surface area contributed by atoms with Crippen molar-refractivity contribution in [2.75, 3.05) is 6.54 Å². The summed E-state index contributed by atoms with van der Waals surface area (Å²) in [6.45, 7) is 5.75. The summed E-state index contributed by atoms with van der Waals surface area (Å²) in [5.74, 6) is -6.86. The maximum atomic E-state index is 13.3. The molecule has 0 spiro atoms. The molecular formula is C37H52N8O10. The Bertz CT molecular complexity index is 1660. The average molecular weight is 769 g/mol. The summed E-state index contributed by atoms with van der Waals surface area (Å²) >= 11 is 0. The number of carboxylic acid groups (broad SMARTS) is 1. The first-order valence-corrected chi connectivity index (χ1v) is 17.8. The van der Waals surface area contributed by atoms with E-state index >= 15 is 0 Å². The van der Waals surface area contributed by atoms with Crippen molar-refractivity contribution in [2.45, 2.75) is 96.1 Å². The Morgan fingerprint density at radius 1 is 0.655 bits per heavy atom. The second kappa shape index (κ2) is 22.2. The normalized spacial score (nSPS) is 14.6. The molecule has 0 aliphatic rings. The topological polar surface area (TPSA) is 301 Å². The number of primary amides is 1. The van der Waals surface area contributed by atoms with Crippen LogP contribution in [0.1, 0.15) is 58.1 Å². The molecule has 12 N–H and O–H groups in total. The van der Waals surface area contributed by atoms with Crippen molar-refractivity contribution in [1.29, 1.82) is 0 Å². The summed E-state index contributed by atoms with van der Waals surface area (Å²) < 4.78 is 0. The van der Waals surface area contributed by atoms with Crippen molar-refractivity contribution in [3.8, 4) is 5.75 Å². The van der Waals surface area contributed by atoms with Crippen LogP contribution in [0.3, 0.4) is 0 Å². The average Bonchev–Trinajstić information content (AvgIpc) is 3.14. The third-order valence-corrected chi connectivity index (χ3v) is 8.72. The van der Waals surface area contributed by atoms with E-state index in [2.05, 4.69) is 31.9 Å². The Labute approximate surface area is 318 Å². The number of aliphatic carboxylic acids is 1. The molecule has 0 heterocycles. The van der Waals surface area contributed by atoms with Crippen LogP contribution >= 0.6 is 0 Å². The van der Waals surface area contributed by atoms with E-state index < -0.39 is 90.1 Å². The molecule has 18 heteroatoms. The second-order valence-corrected chi connectivity index (χ2v) is 13.2. The van der Waals surface area contributed by atoms with Crippen molar-refractivity contribution >= 4 is 47.3 Å². The van der Waals surface area contributed by atoms with Gasteiger partial charge in [-0.05, 0) is 49.4 Å². The molecule has 2 aromatic rings. The summed E-state index contributed by atoms with van der Waals surface area (Å²) in [4.78, 5) is 101. The molecule has 0 unspecified atom stereocenters. The van der Waals surface area contributed by atoms with Crippen LogP contribution in [0.4, 0.5) is 0 Å². The summed E-state index contributed by atoms with van der Waals surface area (Å²) in [7, 11) is 0. The Kier molecular flexibility index (Phi) is 18.2. The monoisotopic (exact) mass is 768 g/mol. The largest absolute Gasteiger partial charge is 0.508 e. The van der Waals surface area contributed by atoms with Crippen LogP contribution in [0.15, 0.2) is 54.6 Å². The number of benzene rings is 2. The van der Waals surface area contributed by atoms with Gasteiger partial charge in [0.2, 0.25) is 41.4 Å². The number of phenols is 1. The summed E-state index contributed by atoms with van der Waals surface area (Å²) in [5, 5.41) is 33.8. The maximum absolute atomic E-state index is 13.3. The lowest BCUT2D eigenvalue weighted by molar-refractivity contribution is -0.142. The van der Waals surface area contributed by atoms with Gasteiger partial charge < -0.3 is 53.6 Å². The van der Waals surface area contributed by atoms with Crippen LogP contribution in [0.25, 0.3) is 0 Å². The Morgan fingerprint density at radius 3 is 1.76 bits per heavy atom. The predicted molar refractivity (Wildman–Crippen MR) is 199 cm³/mol. The molecule has 18 nitrogen and oxygen atoms in total. The molecule has 0 aromatic heterocycles. The van der Waals surface area contributed by atoms with Crippen molar-refractivity contribution in [3.63, 3.8) is 0 Å². The molecule has 7 atom stereocenters. The highest BCUT2D eigenvalue weighted by Crippen LogP contribution is 2.12. The number of carbonyl (C=O) groups is 8. The number of carbonyl (C=O) groups excluding carboxylic acids is 7. The number of carboxylic acids is 1. The molecular weight excluding hydrogens is 716 g/mol. The number of rotatable bonds is 22. The summed E-state index contributed by atoms with van der Waals surface area (Å²) in [5.41, 5.74) is 12.5. The van der Waals surface area contributed by atoms with E-state index in [4.69, 9.17) is 11.5 Å². The highest BCUT2D eigenvalue weighted by molar-refractivity contribution is 5.96. The van der Waals surface area contributed by atoms with Crippen LogP contribution in [0.2, 0.25) is 0 Å². The van der Waals surface area contributed by atoms with Gasteiger partial charge in [-0.2, -0.15) is 0 Å². The standard InChI is InChI=1S/C37H52N8O10/c1-5-20(2)31(39)36(53)44-27(17-23-9-7-6-8-10-23)35(52)42-22(4)33(50)41-21(3)32(49)40-19-30(48)43-26(15-16-29(38)47)34(51)45-28(37(54)55)18-24-11-13-25(46)14-12-24/h6-14,20-22,26-28,31,46H,5,15-19,39H2,1-4H3,(H2,38,47)(H,40,49)(H,41,50)(H,42,52)(H,43,48)(H,44,53)(H,45,51)(H,54,55)/t20-,21-,22-,26-,27-,28-,31-/m0/s1. The van der Waals surface area contributed by atoms with Crippen LogP contribution in [-0.4, -0.2) is 100 Å². The third-order valence-electron chi connectivity index (χ3n) is 8.72. The van der Waals surface area contributed by atoms with Gasteiger partial charge in [-0.25, -0.2) is 4.79 Å². The van der Waals surface area contributed by atoms with Gasteiger partial charge in [0.15, 0.2) is 0 Å². The zero-order valence-electron chi connectivity index (χ0n) is 31.3. The zero-order chi connectivity index (χ0) is 41.2. The number of nitrogens with one attached hydrogen (secondary N) is 6. The number of amides is 7. The first-order chi connectivity index (χ1) is 25.9. The van der Waals surface area contributed by atoms with Gasteiger partial charge in [-0.3, -0.25) is 33.6 Å². The van der Waals surface area contributed by atoms with Gasteiger partial charge in [-0.1, -0.05) is 62.7 Å². The van der Waals surface area contributed by atoms with E-state index in [-0.39, 0.29) is 37.4 Å². The van der Waals surface area contributed by atoms with Gasteiger partial charge in [0, 0.05) is 19.3 Å². The van der Waals surface area contributed by atoms with E-state index in [1.54, 1.807) is 30.3 Å². The molecule has 7 amide bonds. The number of nitrogens with two attached hydrogens (primary N) is 2. The molecule has 300 valence electrons. The quantitative estimate of drug-likeness (QED) is 0.0656. The highest BCUT2D eigenvalue weighted by Gasteiger charge is 2.30. The molecule has 0 aliphatic carbocycles. The number of phenolic OH excluding ortho intramolecular Hbond substituents is 1. The van der Waals surface area contributed by atoms with E-state index in [1.807, 2.05) is 13.8 Å². The first kappa shape index (κ1) is 45.1. The van der Waals surface area contributed by atoms with Gasteiger partial charge in [0.25, 0.3) is 0 Å². The van der Waals surface area contributed by atoms with Crippen molar-refractivity contribution in [2.24, 2.45) is 17.4 Å². The van der Waals surface area contributed by atoms with E-state index in [1.165, 1.54) is 38.1 Å². The molecule has 0 fully saturated rings.